The largest absolute Gasteiger partial charge is 0.309 e. The van der Waals surface area contributed by atoms with E-state index >= 15 is 0 Å². The summed E-state index contributed by atoms with van der Waals surface area (Å²) in [4.78, 5) is 8.50. The van der Waals surface area contributed by atoms with Crippen molar-refractivity contribution in [2.75, 3.05) is 6.54 Å². The van der Waals surface area contributed by atoms with Crippen molar-refractivity contribution in [3.05, 3.63) is 58.4 Å². The fraction of sp³-hybridized carbons (Fsp3) is 0.333. The van der Waals surface area contributed by atoms with Gasteiger partial charge in [-0.1, -0.05) is 30.7 Å². The van der Waals surface area contributed by atoms with Gasteiger partial charge in [0.15, 0.2) is 0 Å². The van der Waals surface area contributed by atoms with Crippen molar-refractivity contribution in [1.29, 1.82) is 0 Å². The van der Waals surface area contributed by atoms with Crippen LogP contribution in [0.1, 0.15) is 30.0 Å². The number of likely N-dealkylation sites (N-methyl/N-ethyl adjacent to an activating group) is 1. The molecule has 1 heterocycles. The summed E-state index contributed by atoms with van der Waals surface area (Å²) in [7, 11) is 0. The molecule has 0 aliphatic heterocycles. The number of hydrogen-bond acceptors (Lipinski definition) is 3. The van der Waals surface area contributed by atoms with Crippen LogP contribution < -0.4 is 5.32 Å². The fourth-order valence-corrected chi connectivity index (χ4v) is 2.32. The summed E-state index contributed by atoms with van der Waals surface area (Å²) in [5.41, 5.74) is 1.44. The highest BCUT2D eigenvalue weighted by Gasteiger charge is 2.16. The van der Waals surface area contributed by atoms with Gasteiger partial charge in [-0.15, -0.1) is 0 Å². The average Bonchev–Trinajstić information content (AvgIpc) is 2.43. The van der Waals surface area contributed by atoms with E-state index in [4.69, 9.17) is 11.6 Å². The summed E-state index contributed by atoms with van der Waals surface area (Å²) in [6, 6.07) is 6.85. The smallest absolute Gasteiger partial charge is 0.145 e. The minimum Gasteiger partial charge on any atom is -0.309 e. The number of rotatable bonds is 5. The molecule has 1 aromatic carbocycles. The SMILES string of the molecule is CCNC(Cc1cccc(Cl)c1F)c1ccnc(C)n1. The summed E-state index contributed by atoms with van der Waals surface area (Å²) >= 11 is 5.82. The monoisotopic (exact) mass is 293 g/mol. The number of nitrogens with one attached hydrogen (secondary N) is 1. The van der Waals surface area contributed by atoms with Gasteiger partial charge in [0.25, 0.3) is 0 Å². The van der Waals surface area contributed by atoms with Crippen LogP contribution in [0, 0.1) is 12.7 Å². The van der Waals surface area contributed by atoms with Crippen LogP contribution in [0.3, 0.4) is 0 Å². The number of hydrogen-bond donors (Lipinski definition) is 1. The van der Waals surface area contributed by atoms with Crippen LogP contribution >= 0.6 is 11.6 Å². The highest BCUT2D eigenvalue weighted by Crippen LogP contribution is 2.23. The van der Waals surface area contributed by atoms with Gasteiger partial charge in [0.1, 0.15) is 11.6 Å². The summed E-state index contributed by atoms with van der Waals surface area (Å²) < 4.78 is 14.0. The van der Waals surface area contributed by atoms with E-state index in [9.17, 15) is 4.39 Å². The van der Waals surface area contributed by atoms with Gasteiger partial charge < -0.3 is 5.32 Å². The summed E-state index contributed by atoms with van der Waals surface area (Å²) in [5.74, 6) is 0.347. The van der Waals surface area contributed by atoms with E-state index in [1.165, 1.54) is 0 Å². The molecule has 0 saturated heterocycles. The molecule has 0 radical (unpaired) electrons. The molecule has 0 aliphatic carbocycles. The second-order valence-corrected chi connectivity index (χ2v) is 4.96. The summed E-state index contributed by atoms with van der Waals surface area (Å²) in [6.45, 7) is 4.62. The van der Waals surface area contributed by atoms with Crippen molar-refractivity contribution in [2.45, 2.75) is 26.3 Å². The van der Waals surface area contributed by atoms with Gasteiger partial charge in [-0.05, 0) is 37.6 Å². The molecule has 0 spiro atoms. The molecule has 0 bridgehead atoms. The predicted octanol–water partition coefficient (Wildman–Crippen LogP) is 3.47. The number of aryl methyl sites for hydroxylation is 1. The topological polar surface area (TPSA) is 37.8 Å². The van der Waals surface area contributed by atoms with Crippen molar-refractivity contribution in [3.8, 4) is 0 Å². The van der Waals surface area contributed by atoms with Crippen LogP contribution in [0.5, 0.6) is 0 Å². The van der Waals surface area contributed by atoms with Crippen LogP contribution in [-0.4, -0.2) is 16.5 Å². The van der Waals surface area contributed by atoms with Gasteiger partial charge in [0.2, 0.25) is 0 Å². The molecule has 20 heavy (non-hydrogen) atoms. The Balaban J connectivity index is 2.28. The summed E-state index contributed by atoms with van der Waals surface area (Å²) in [6.07, 6.45) is 2.22. The van der Waals surface area contributed by atoms with Crippen LogP contribution in [-0.2, 0) is 6.42 Å². The molecule has 106 valence electrons. The molecule has 3 nitrogen and oxygen atoms in total. The van der Waals surface area contributed by atoms with Crippen molar-refractivity contribution >= 4 is 11.6 Å². The van der Waals surface area contributed by atoms with Gasteiger partial charge in [-0.25, -0.2) is 14.4 Å². The Bertz CT molecular complexity index is 589. The molecule has 1 aromatic heterocycles. The Hall–Kier alpha value is -1.52. The Morgan fingerprint density at radius 2 is 2.15 bits per heavy atom. The lowest BCUT2D eigenvalue weighted by Gasteiger charge is -2.18. The lowest BCUT2D eigenvalue weighted by atomic mass is 10.0. The van der Waals surface area contributed by atoms with Gasteiger partial charge in [0.05, 0.1) is 16.8 Å². The lowest BCUT2D eigenvalue weighted by molar-refractivity contribution is 0.516. The fourth-order valence-electron chi connectivity index (χ4n) is 2.12. The van der Waals surface area contributed by atoms with Gasteiger partial charge in [-0.2, -0.15) is 0 Å². The van der Waals surface area contributed by atoms with E-state index in [0.717, 1.165) is 12.2 Å². The first-order valence-electron chi connectivity index (χ1n) is 6.57. The molecule has 1 unspecified atom stereocenters. The third-order valence-electron chi connectivity index (χ3n) is 3.06. The molecule has 0 saturated carbocycles. The van der Waals surface area contributed by atoms with E-state index in [2.05, 4.69) is 15.3 Å². The quantitative estimate of drug-likeness (QED) is 0.917. The first-order valence-corrected chi connectivity index (χ1v) is 6.95. The number of benzene rings is 1. The standard InChI is InChI=1S/C15H17ClFN3/c1-3-18-14(13-7-8-19-10(2)20-13)9-11-5-4-6-12(16)15(11)17/h4-8,14,18H,3,9H2,1-2H3. The Morgan fingerprint density at radius 3 is 2.85 bits per heavy atom. The van der Waals surface area contributed by atoms with Crippen LogP contribution in [0.15, 0.2) is 30.5 Å². The third-order valence-corrected chi connectivity index (χ3v) is 3.35. The maximum absolute atomic E-state index is 14.0. The van der Waals surface area contributed by atoms with Gasteiger partial charge in [0, 0.05) is 6.20 Å². The lowest BCUT2D eigenvalue weighted by Crippen LogP contribution is -2.24. The minimum absolute atomic E-state index is 0.0605. The molecule has 2 aromatic rings. The zero-order valence-electron chi connectivity index (χ0n) is 11.5. The molecule has 1 atom stereocenters. The molecule has 0 aliphatic rings. The first-order chi connectivity index (χ1) is 9.61. The maximum Gasteiger partial charge on any atom is 0.145 e. The predicted molar refractivity (Wildman–Crippen MR) is 78.3 cm³/mol. The van der Waals surface area contributed by atoms with E-state index in [1.807, 2.05) is 19.9 Å². The highest BCUT2D eigenvalue weighted by atomic mass is 35.5. The molecular formula is C15H17ClFN3. The van der Waals surface area contributed by atoms with Crippen molar-refractivity contribution < 1.29 is 4.39 Å². The van der Waals surface area contributed by atoms with Gasteiger partial charge >= 0.3 is 0 Å². The average molecular weight is 294 g/mol. The molecule has 0 fully saturated rings. The molecular weight excluding hydrogens is 277 g/mol. The van der Waals surface area contributed by atoms with E-state index in [-0.39, 0.29) is 16.9 Å². The Kier molecular flexibility index (Phi) is 5.04. The van der Waals surface area contributed by atoms with Crippen LogP contribution in [0.4, 0.5) is 4.39 Å². The normalized spacial score (nSPS) is 12.4. The number of nitrogens with zero attached hydrogens (tertiary/aromatic N) is 2. The molecule has 2 rings (SSSR count). The maximum atomic E-state index is 14.0. The minimum atomic E-state index is -0.358. The second-order valence-electron chi connectivity index (χ2n) is 4.56. The zero-order valence-corrected chi connectivity index (χ0v) is 12.3. The van der Waals surface area contributed by atoms with E-state index in [0.29, 0.717) is 17.8 Å². The molecule has 1 N–H and O–H groups in total. The molecule has 5 heteroatoms. The van der Waals surface area contributed by atoms with Gasteiger partial charge in [-0.3, -0.25) is 0 Å². The molecule has 0 amide bonds. The van der Waals surface area contributed by atoms with E-state index < -0.39 is 0 Å². The van der Waals surface area contributed by atoms with Crippen LogP contribution in [0.25, 0.3) is 0 Å². The van der Waals surface area contributed by atoms with Crippen molar-refractivity contribution in [3.63, 3.8) is 0 Å². The Labute approximate surface area is 123 Å². The highest BCUT2D eigenvalue weighted by molar-refractivity contribution is 6.30. The summed E-state index contributed by atoms with van der Waals surface area (Å²) in [5, 5.41) is 3.47. The Morgan fingerprint density at radius 1 is 1.35 bits per heavy atom. The van der Waals surface area contributed by atoms with Crippen LogP contribution in [0.2, 0.25) is 5.02 Å². The van der Waals surface area contributed by atoms with Crippen molar-refractivity contribution in [2.24, 2.45) is 0 Å². The second kappa shape index (κ2) is 6.77. The third kappa shape index (κ3) is 3.52. The zero-order chi connectivity index (χ0) is 14.5. The van der Waals surface area contributed by atoms with Crippen molar-refractivity contribution in [1.82, 2.24) is 15.3 Å². The number of aromatic nitrogens is 2. The first kappa shape index (κ1) is 14.9. The number of halogens is 2. The van der Waals surface area contributed by atoms with E-state index in [1.54, 1.807) is 24.4 Å².